The predicted octanol–water partition coefficient (Wildman–Crippen LogP) is 1.06. The summed E-state index contributed by atoms with van der Waals surface area (Å²) in [5.74, 6) is 0.0159. The van der Waals surface area contributed by atoms with Crippen LogP contribution in [0.25, 0.3) is 10.9 Å². The fraction of sp³-hybridized carbons (Fsp3) is 0.571. The second kappa shape index (κ2) is 11.9. The molecular formula is C21H33ClN4O4. The van der Waals surface area contributed by atoms with Crippen molar-refractivity contribution in [3.8, 4) is 0 Å². The first kappa shape index (κ1) is 25.9. The minimum Gasteiger partial charge on any atom is -0.390 e. The molecule has 168 valence electrons. The number of amides is 1. The van der Waals surface area contributed by atoms with Crippen LogP contribution >= 0.6 is 12.4 Å². The third-order valence-corrected chi connectivity index (χ3v) is 4.92. The molecule has 1 heterocycles. The lowest BCUT2D eigenvalue weighted by Gasteiger charge is -2.26. The highest BCUT2D eigenvalue weighted by Crippen LogP contribution is 2.06. The van der Waals surface area contributed by atoms with Crippen LogP contribution in [0.2, 0.25) is 0 Å². The van der Waals surface area contributed by atoms with Crippen LogP contribution in [0.4, 0.5) is 0 Å². The van der Waals surface area contributed by atoms with Crippen LogP contribution in [0.5, 0.6) is 0 Å². The Morgan fingerprint density at radius 1 is 1.13 bits per heavy atom. The van der Waals surface area contributed by atoms with Gasteiger partial charge in [-0.05, 0) is 32.0 Å². The highest BCUT2D eigenvalue weighted by Gasteiger charge is 2.18. The van der Waals surface area contributed by atoms with Gasteiger partial charge in [0.25, 0.3) is 5.56 Å². The summed E-state index contributed by atoms with van der Waals surface area (Å²) in [5, 5.41) is 10.9. The molecule has 30 heavy (non-hydrogen) atoms. The number of para-hydroxylation sites is 1. The summed E-state index contributed by atoms with van der Waals surface area (Å²) in [6.45, 7) is 5.73. The average Bonchev–Trinajstić information content (AvgIpc) is 2.69. The number of aliphatic hydroxyl groups excluding tert-OH is 1. The molecule has 1 aromatic heterocycles. The first-order valence-electron chi connectivity index (χ1n) is 10.1. The van der Waals surface area contributed by atoms with E-state index in [-0.39, 0.29) is 37.9 Å². The number of carbonyl (C=O) groups excluding carboxylic acids is 1. The molecule has 1 unspecified atom stereocenters. The highest BCUT2D eigenvalue weighted by atomic mass is 35.5. The Kier molecular flexibility index (Phi) is 10.2. The van der Waals surface area contributed by atoms with E-state index >= 15 is 0 Å². The van der Waals surface area contributed by atoms with E-state index in [0.29, 0.717) is 24.0 Å². The van der Waals surface area contributed by atoms with E-state index in [0.717, 1.165) is 17.4 Å². The van der Waals surface area contributed by atoms with Gasteiger partial charge in [0.2, 0.25) is 5.91 Å². The zero-order chi connectivity index (χ0) is 21.6. The van der Waals surface area contributed by atoms with E-state index < -0.39 is 17.4 Å². The van der Waals surface area contributed by atoms with Gasteiger partial charge in [-0.15, -0.1) is 12.4 Å². The van der Waals surface area contributed by atoms with Crippen molar-refractivity contribution < 1.29 is 9.90 Å². The van der Waals surface area contributed by atoms with Crippen LogP contribution in [0.15, 0.2) is 33.9 Å². The van der Waals surface area contributed by atoms with Gasteiger partial charge in [-0.1, -0.05) is 26.0 Å². The molecule has 0 aliphatic heterocycles. The quantitative estimate of drug-likeness (QED) is 0.597. The van der Waals surface area contributed by atoms with Crippen molar-refractivity contribution in [1.29, 1.82) is 0 Å². The fourth-order valence-electron chi connectivity index (χ4n) is 3.55. The number of benzene rings is 1. The topological polar surface area (TPSA) is 87.8 Å². The van der Waals surface area contributed by atoms with E-state index in [9.17, 15) is 19.5 Å². The molecule has 1 atom stereocenters. The molecule has 1 aromatic carbocycles. The number of halogens is 1. The predicted molar refractivity (Wildman–Crippen MR) is 121 cm³/mol. The summed E-state index contributed by atoms with van der Waals surface area (Å²) in [4.78, 5) is 41.3. The maximum Gasteiger partial charge on any atom is 0.331 e. The van der Waals surface area contributed by atoms with Crippen LogP contribution in [0.1, 0.15) is 26.7 Å². The molecule has 8 nitrogen and oxygen atoms in total. The second-order valence-corrected chi connectivity index (χ2v) is 7.51. The molecule has 1 N–H and O–H groups in total. The van der Waals surface area contributed by atoms with Crippen molar-refractivity contribution >= 4 is 29.2 Å². The molecule has 0 aliphatic carbocycles. The van der Waals surface area contributed by atoms with Gasteiger partial charge in [0, 0.05) is 26.7 Å². The van der Waals surface area contributed by atoms with E-state index in [1.165, 1.54) is 4.57 Å². The van der Waals surface area contributed by atoms with Crippen LogP contribution in [-0.2, 0) is 18.4 Å². The lowest BCUT2D eigenvalue weighted by molar-refractivity contribution is -0.132. The maximum atomic E-state index is 12.7. The van der Waals surface area contributed by atoms with E-state index in [2.05, 4.69) is 0 Å². The van der Waals surface area contributed by atoms with Gasteiger partial charge >= 0.3 is 5.69 Å². The SMILES string of the molecule is CCCN(CCC)C(=O)CN(C)CC(O)Cn1c(=O)c2ccccc2n(C)c1=O.Cl. The number of hydrogen-bond donors (Lipinski definition) is 1. The molecule has 0 saturated heterocycles. The monoisotopic (exact) mass is 440 g/mol. The molecule has 0 aliphatic rings. The molecule has 0 bridgehead atoms. The maximum absolute atomic E-state index is 12.7. The molecule has 2 rings (SSSR count). The second-order valence-electron chi connectivity index (χ2n) is 7.51. The Morgan fingerprint density at radius 3 is 2.33 bits per heavy atom. The summed E-state index contributed by atoms with van der Waals surface area (Å²) in [5.41, 5.74) is -0.329. The van der Waals surface area contributed by atoms with Crippen LogP contribution < -0.4 is 11.2 Å². The highest BCUT2D eigenvalue weighted by molar-refractivity contribution is 5.85. The molecule has 0 radical (unpaired) electrons. The number of hydrogen-bond acceptors (Lipinski definition) is 5. The number of likely N-dealkylation sites (N-methyl/N-ethyl adjacent to an activating group) is 1. The van der Waals surface area contributed by atoms with Crippen molar-refractivity contribution in [2.45, 2.75) is 39.3 Å². The number of aryl methyl sites for hydroxylation is 1. The van der Waals surface area contributed by atoms with Crippen LogP contribution in [0, 0.1) is 0 Å². The summed E-state index contributed by atoms with van der Waals surface area (Å²) < 4.78 is 2.47. The van der Waals surface area contributed by atoms with E-state index in [1.54, 1.807) is 43.3 Å². The molecule has 9 heteroatoms. The Morgan fingerprint density at radius 2 is 1.73 bits per heavy atom. The molecular weight excluding hydrogens is 408 g/mol. The Bertz CT molecular complexity index is 950. The third kappa shape index (κ3) is 6.17. The number of aliphatic hydroxyl groups is 1. The Balaban J connectivity index is 0.00000450. The summed E-state index contributed by atoms with van der Waals surface area (Å²) in [6.07, 6.45) is 0.837. The normalized spacial score (nSPS) is 12.1. The number of carbonyl (C=O) groups is 1. The number of nitrogens with zero attached hydrogens (tertiary/aromatic N) is 4. The minimum atomic E-state index is -0.954. The van der Waals surface area contributed by atoms with Crippen molar-refractivity contribution in [2.75, 3.05) is 33.2 Å². The van der Waals surface area contributed by atoms with Gasteiger partial charge < -0.3 is 10.0 Å². The van der Waals surface area contributed by atoms with Crippen molar-refractivity contribution in [3.05, 3.63) is 45.1 Å². The first-order chi connectivity index (χ1) is 13.8. The summed E-state index contributed by atoms with van der Waals surface area (Å²) in [7, 11) is 3.35. The Labute approximate surface area is 183 Å². The number of aromatic nitrogens is 2. The van der Waals surface area contributed by atoms with Crippen LogP contribution in [0.3, 0.4) is 0 Å². The van der Waals surface area contributed by atoms with E-state index in [4.69, 9.17) is 0 Å². The zero-order valence-electron chi connectivity index (χ0n) is 18.2. The molecule has 0 fully saturated rings. The average molecular weight is 441 g/mol. The Hall–Kier alpha value is -2.16. The van der Waals surface area contributed by atoms with Gasteiger partial charge in [-0.2, -0.15) is 0 Å². The first-order valence-corrected chi connectivity index (χ1v) is 10.1. The van der Waals surface area contributed by atoms with Crippen molar-refractivity contribution in [2.24, 2.45) is 7.05 Å². The fourth-order valence-corrected chi connectivity index (χ4v) is 3.55. The molecule has 0 saturated carbocycles. The largest absolute Gasteiger partial charge is 0.390 e. The van der Waals surface area contributed by atoms with Gasteiger partial charge in [-0.3, -0.25) is 23.6 Å². The van der Waals surface area contributed by atoms with Crippen LogP contribution in [-0.4, -0.2) is 69.3 Å². The van der Waals surface area contributed by atoms with Gasteiger partial charge in [0.1, 0.15) is 0 Å². The molecule has 0 spiro atoms. The zero-order valence-corrected chi connectivity index (χ0v) is 19.0. The van der Waals surface area contributed by atoms with Gasteiger partial charge in [0.05, 0.1) is 30.1 Å². The molecule has 2 aromatic rings. The summed E-state index contributed by atoms with van der Waals surface area (Å²) >= 11 is 0. The number of rotatable bonds is 10. The standard InChI is InChI=1S/C21H32N4O4.ClH/c1-5-11-24(12-6-2)19(27)15-22(3)13-16(26)14-25-20(28)17-9-7-8-10-18(17)23(4)21(25)29;/h7-10,16,26H,5-6,11-15H2,1-4H3;1H. The molecule has 1 amide bonds. The van der Waals surface area contributed by atoms with Gasteiger partial charge in [-0.25, -0.2) is 4.79 Å². The minimum absolute atomic E-state index is 0. The lowest BCUT2D eigenvalue weighted by Crippen LogP contribution is -2.45. The lowest BCUT2D eigenvalue weighted by atomic mass is 10.2. The van der Waals surface area contributed by atoms with E-state index in [1.807, 2.05) is 18.7 Å². The van der Waals surface area contributed by atoms with Crippen molar-refractivity contribution in [1.82, 2.24) is 18.9 Å². The van der Waals surface area contributed by atoms with Gasteiger partial charge in [0.15, 0.2) is 0 Å². The summed E-state index contributed by atoms with van der Waals surface area (Å²) in [6, 6.07) is 6.90. The number of fused-ring (bicyclic) bond motifs is 1. The smallest absolute Gasteiger partial charge is 0.331 e. The third-order valence-electron chi connectivity index (χ3n) is 4.92. The van der Waals surface area contributed by atoms with Crippen molar-refractivity contribution in [3.63, 3.8) is 0 Å².